The van der Waals surface area contributed by atoms with Crippen LogP contribution in [0.2, 0.25) is 0 Å². The van der Waals surface area contributed by atoms with E-state index in [1.807, 2.05) is 0 Å². The fraction of sp³-hybridized carbons (Fsp3) is 0. The van der Waals surface area contributed by atoms with E-state index in [0.29, 0.717) is 0 Å². The first-order valence-electron chi connectivity index (χ1n) is 1.08. The van der Waals surface area contributed by atoms with Gasteiger partial charge in [0.2, 0.25) is 0 Å². The zero-order chi connectivity index (χ0) is 4.99. The van der Waals surface area contributed by atoms with Crippen molar-refractivity contribution >= 4 is 58.6 Å². The molecule has 6 heavy (non-hydrogen) atoms. The zero-order valence-corrected chi connectivity index (χ0v) is 11.9. The third-order valence-corrected chi connectivity index (χ3v) is 1.69. The molecular weight excluding hydrogens is 474 g/mol. The molecule has 0 N–H and O–H groups in total. The van der Waals surface area contributed by atoms with Gasteiger partial charge in [0.1, 0.15) is 0 Å². The summed E-state index contributed by atoms with van der Waals surface area (Å²) in [5.41, 5.74) is 0. The van der Waals surface area contributed by atoms with E-state index in [4.69, 9.17) is 0 Å². The topological polar surface area (TPSA) is 35.5 Å². The van der Waals surface area contributed by atoms with Gasteiger partial charge in [0.15, 0.2) is 0 Å². The molecule has 0 bridgehead atoms. The van der Waals surface area contributed by atoms with E-state index in [9.17, 15) is 4.79 Å². The van der Waals surface area contributed by atoms with Crippen LogP contribution in [0.5, 0.6) is 0 Å². The number of hydrogen-bond acceptors (Lipinski definition) is 3. The Kier molecular flexibility index (Phi) is 5.07. The van der Waals surface area contributed by atoms with Crippen LogP contribution in [0.1, 0.15) is 0 Å². The van der Waals surface area contributed by atoms with Crippen molar-refractivity contribution in [3.8, 4) is 0 Å². The Balaban J connectivity index is 2.99. The minimum absolute atomic E-state index is 0.265. The molecule has 3 nitrogen and oxygen atoms in total. The molecule has 0 atom stereocenters. The number of carbonyl (C=O) groups is 1. The van der Waals surface area contributed by atoms with Crippen molar-refractivity contribution in [2.45, 2.75) is 0 Å². The van der Waals surface area contributed by atoms with Gasteiger partial charge in [-0.15, -0.1) is 0 Å². The van der Waals surface area contributed by atoms with Crippen molar-refractivity contribution in [2.24, 2.45) is 0 Å². The van der Waals surface area contributed by atoms with Crippen LogP contribution < -0.4 is 0 Å². The summed E-state index contributed by atoms with van der Waals surface area (Å²) < 4.78 is 8.49. The molecule has 0 unspecified atom stereocenters. The summed E-state index contributed by atoms with van der Waals surface area (Å²) in [6.07, 6.45) is -0.509. The maximum atomic E-state index is 9.82. The quantitative estimate of drug-likeness (QED) is 0.411. The molecule has 0 fully saturated rings. The molecular formula is CH2O3Pb2. The van der Waals surface area contributed by atoms with Crippen molar-refractivity contribution in [1.82, 2.24) is 0 Å². The monoisotopic (exact) mass is 478 g/mol. The Morgan fingerprint density at radius 1 is 1.33 bits per heavy atom. The second-order valence-electron chi connectivity index (χ2n) is 0.486. The molecule has 0 saturated heterocycles. The van der Waals surface area contributed by atoms with E-state index >= 15 is 0 Å². The van der Waals surface area contributed by atoms with Gasteiger partial charge in [0.25, 0.3) is 0 Å². The first kappa shape index (κ1) is 7.11. The Bertz CT molecular complexity index is 46.8. The Hall–Kier alpha value is 1.11. The van der Waals surface area contributed by atoms with Crippen molar-refractivity contribution in [1.29, 1.82) is 0 Å². The van der Waals surface area contributed by atoms with E-state index in [1.54, 1.807) is 0 Å². The molecule has 0 aromatic rings. The number of carbonyl (C=O) groups excluding carboxylic acids is 1. The summed E-state index contributed by atoms with van der Waals surface area (Å²) >= 11 is 0.530. The zero-order valence-electron chi connectivity index (χ0n) is 2.88. The second-order valence-corrected chi connectivity index (χ2v) is 2.32. The van der Waals surface area contributed by atoms with Crippen LogP contribution in [0.25, 0.3) is 0 Å². The fourth-order valence-corrected chi connectivity index (χ4v) is 2.14. The van der Waals surface area contributed by atoms with E-state index < -0.39 is 6.16 Å². The van der Waals surface area contributed by atoms with Crippen molar-refractivity contribution in [2.75, 3.05) is 0 Å². The standard InChI is InChI=1S/CH2O3.2Pb.2H/c2-1(3)4;;;;/h(H2,2,3,4);;;;/q;2*+1;;/p-2. The molecule has 4 radical (unpaired) electrons. The van der Waals surface area contributed by atoms with Crippen LogP contribution in [0.15, 0.2) is 0 Å². The van der Waals surface area contributed by atoms with Crippen LogP contribution in [0, 0.1) is 0 Å². The van der Waals surface area contributed by atoms with Crippen LogP contribution >= 0.6 is 0 Å². The van der Waals surface area contributed by atoms with Crippen LogP contribution in [-0.4, -0.2) is 58.6 Å². The first-order chi connectivity index (χ1) is 2.81. The van der Waals surface area contributed by atoms with Gasteiger partial charge in [-0.05, 0) is 0 Å². The summed E-state index contributed by atoms with van der Waals surface area (Å²) in [4.78, 5) is 9.82. The predicted octanol–water partition coefficient (Wildman–Crippen LogP) is -1.23. The van der Waals surface area contributed by atoms with Gasteiger partial charge in [0, 0.05) is 0 Å². The molecule has 0 heterocycles. The average Bonchev–Trinajstić information content (AvgIpc) is 1.65. The number of hydrogen-bond donors (Lipinski definition) is 0. The van der Waals surface area contributed by atoms with Crippen molar-refractivity contribution in [3.63, 3.8) is 0 Å². The van der Waals surface area contributed by atoms with E-state index in [1.165, 1.54) is 0 Å². The van der Waals surface area contributed by atoms with Gasteiger partial charge in [-0.2, -0.15) is 0 Å². The summed E-state index contributed by atoms with van der Waals surface area (Å²) in [6, 6.07) is 0. The molecule has 0 amide bonds. The van der Waals surface area contributed by atoms with E-state index in [2.05, 4.69) is 5.37 Å². The maximum absolute atomic E-state index is 9.82. The van der Waals surface area contributed by atoms with Crippen molar-refractivity contribution in [3.05, 3.63) is 0 Å². The van der Waals surface area contributed by atoms with Gasteiger partial charge in [0.05, 0.1) is 0 Å². The molecule has 0 spiro atoms. The SMILES string of the molecule is O=C([O][PbH])[O][PbH]. The molecule has 0 aromatic carbocycles. The van der Waals surface area contributed by atoms with Crippen LogP contribution in [0.4, 0.5) is 4.79 Å². The molecule has 0 aromatic heterocycles. The average molecular weight is 476 g/mol. The normalized spacial score (nSPS) is 7.00. The Morgan fingerprint density at radius 2 is 1.67 bits per heavy atom. The minimum atomic E-state index is -0.509. The summed E-state index contributed by atoms with van der Waals surface area (Å²) in [5, 5.41) is 0. The van der Waals surface area contributed by atoms with Gasteiger partial charge in [-0.1, -0.05) is 0 Å². The van der Waals surface area contributed by atoms with Crippen molar-refractivity contribution < 1.29 is 10.2 Å². The van der Waals surface area contributed by atoms with Gasteiger partial charge in [-0.3, -0.25) is 0 Å². The summed E-state index contributed by atoms with van der Waals surface area (Å²) in [7, 11) is 0. The molecule has 0 rings (SSSR count). The third-order valence-electron chi connectivity index (χ3n) is 0.192. The molecule has 0 aliphatic rings. The number of rotatable bonds is 0. The van der Waals surface area contributed by atoms with E-state index in [-0.39, 0.29) is 52.4 Å². The molecule has 5 heteroatoms. The second kappa shape index (κ2) is 4.28. The van der Waals surface area contributed by atoms with Gasteiger partial charge >= 0.3 is 68.8 Å². The molecule has 0 saturated carbocycles. The predicted molar refractivity (Wildman–Crippen MR) is 21.9 cm³/mol. The Morgan fingerprint density at radius 3 is 1.67 bits per heavy atom. The fourth-order valence-electron chi connectivity index (χ4n) is 0.0278. The molecule has 0 aliphatic carbocycles. The van der Waals surface area contributed by atoms with E-state index in [0.717, 1.165) is 0 Å². The molecule has 0 aliphatic heterocycles. The van der Waals surface area contributed by atoms with Gasteiger partial charge < -0.3 is 0 Å². The summed E-state index contributed by atoms with van der Waals surface area (Å²) in [5.74, 6) is 0. The van der Waals surface area contributed by atoms with Gasteiger partial charge in [-0.25, -0.2) is 0 Å². The summed E-state index contributed by atoms with van der Waals surface area (Å²) in [6.45, 7) is 0. The van der Waals surface area contributed by atoms with Crippen LogP contribution in [-0.2, 0) is 5.37 Å². The molecule has 32 valence electrons. The third kappa shape index (κ3) is 3.31. The Labute approximate surface area is 68.1 Å². The first-order valence-corrected chi connectivity index (χ1v) is 4.75. The van der Waals surface area contributed by atoms with Crippen LogP contribution in [0.3, 0.4) is 0 Å².